The number of aromatic nitrogens is 2. The fourth-order valence-electron chi connectivity index (χ4n) is 1.61. The molecule has 0 aromatic carbocycles. The van der Waals surface area contributed by atoms with Crippen molar-refractivity contribution in [2.45, 2.75) is 52.1 Å². The Balaban J connectivity index is 2.46. The Morgan fingerprint density at radius 2 is 2.38 bits per heavy atom. The normalized spacial score (nSPS) is 12.7. The SMILES string of the molecule is CCCn1ccnc1CC(=O)CCC(C)N. The lowest BCUT2D eigenvalue weighted by molar-refractivity contribution is -0.118. The Kier molecular flexibility index (Phi) is 5.19. The molecule has 1 rings (SSSR count). The van der Waals surface area contributed by atoms with Gasteiger partial charge in [-0.1, -0.05) is 6.92 Å². The van der Waals surface area contributed by atoms with E-state index in [1.54, 1.807) is 6.20 Å². The van der Waals surface area contributed by atoms with Crippen LogP contribution in [0, 0.1) is 0 Å². The lowest BCUT2D eigenvalue weighted by Gasteiger charge is -2.06. The highest BCUT2D eigenvalue weighted by molar-refractivity contribution is 5.80. The van der Waals surface area contributed by atoms with Gasteiger partial charge in [-0.2, -0.15) is 0 Å². The number of ketones is 1. The molecule has 0 aliphatic rings. The van der Waals surface area contributed by atoms with E-state index in [4.69, 9.17) is 5.73 Å². The predicted octanol–water partition coefficient (Wildman–Crippen LogP) is 1.53. The third-order valence-corrected chi connectivity index (χ3v) is 2.50. The van der Waals surface area contributed by atoms with Crippen molar-refractivity contribution in [3.63, 3.8) is 0 Å². The van der Waals surface area contributed by atoms with E-state index in [9.17, 15) is 4.79 Å². The van der Waals surface area contributed by atoms with E-state index in [0.717, 1.165) is 25.2 Å². The van der Waals surface area contributed by atoms with Gasteiger partial charge in [0.05, 0.1) is 6.42 Å². The quantitative estimate of drug-likeness (QED) is 0.762. The minimum Gasteiger partial charge on any atom is -0.335 e. The molecular formula is C12H21N3O. The maximum Gasteiger partial charge on any atom is 0.140 e. The number of hydrogen-bond donors (Lipinski definition) is 1. The molecule has 90 valence electrons. The van der Waals surface area contributed by atoms with Crippen LogP contribution in [0.2, 0.25) is 0 Å². The van der Waals surface area contributed by atoms with Gasteiger partial charge in [-0.05, 0) is 19.8 Å². The summed E-state index contributed by atoms with van der Waals surface area (Å²) in [7, 11) is 0. The molecule has 1 heterocycles. The van der Waals surface area contributed by atoms with Crippen LogP contribution in [0.15, 0.2) is 12.4 Å². The maximum absolute atomic E-state index is 11.7. The first-order chi connectivity index (χ1) is 7.63. The molecule has 0 bridgehead atoms. The van der Waals surface area contributed by atoms with Gasteiger partial charge in [-0.3, -0.25) is 4.79 Å². The van der Waals surface area contributed by atoms with Crippen molar-refractivity contribution >= 4 is 5.78 Å². The molecule has 16 heavy (non-hydrogen) atoms. The highest BCUT2D eigenvalue weighted by Crippen LogP contribution is 2.04. The van der Waals surface area contributed by atoms with E-state index in [1.807, 2.05) is 17.7 Å². The zero-order chi connectivity index (χ0) is 12.0. The van der Waals surface area contributed by atoms with Crippen LogP contribution in [0.3, 0.4) is 0 Å². The zero-order valence-corrected chi connectivity index (χ0v) is 10.1. The van der Waals surface area contributed by atoms with Crippen LogP contribution < -0.4 is 5.73 Å². The van der Waals surface area contributed by atoms with Crippen molar-refractivity contribution < 1.29 is 4.79 Å². The summed E-state index contributed by atoms with van der Waals surface area (Å²) < 4.78 is 2.05. The second-order valence-corrected chi connectivity index (χ2v) is 4.27. The van der Waals surface area contributed by atoms with Crippen LogP contribution in [0.4, 0.5) is 0 Å². The first kappa shape index (κ1) is 12.9. The average molecular weight is 223 g/mol. The number of carbonyl (C=O) groups excluding carboxylic acids is 1. The molecule has 1 unspecified atom stereocenters. The molecular weight excluding hydrogens is 202 g/mol. The molecule has 0 radical (unpaired) electrons. The Bertz CT molecular complexity index is 331. The van der Waals surface area contributed by atoms with Crippen molar-refractivity contribution in [1.29, 1.82) is 0 Å². The van der Waals surface area contributed by atoms with Crippen molar-refractivity contribution in [3.05, 3.63) is 18.2 Å². The summed E-state index contributed by atoms with van der Waals surface area (Å²) in [5.74, 6) is 1.09. The summed E-state index contributed by atoms with van der Waals surface area (Å²) in [5, 5.41) is 0. The minimum absolute atomic E-state index is 0.0966. The molecule has 0 amide bonds. The first-order valence-corrected chi connectivity index (χ1v) is 5.90. The number of carbonyl (C=O) groups is 1. The molecule has 0 aliphatic heterocycles. The van der Waals surface area contributed by atoms with E-state index < -0.39 is 0 Å². The number of nitrogens with two attached hydrogens (primary N) is 1. The lowest BCUT2D eigenvalue weighted by Crippen LogP contribution is -2.17. The van der Waals surface area contributed by atoms with E-state index in [2.05, 4.69) is 11.9 Å². The summed E-state index contributed by atoms with van der Waals surface area (Å²) in [6.45, 7) is 4.96. The molecule has 0 fully saturated rings. The largest absolute Gasteiger partial charge is 0.335 e. The van der Waals surface area contributed by atoms with Gasteiger partial charge in [0, 0.05) is 31.4 Å². The molecule has 2 N–H and O–H groups in total. The summed E-state index contributed by atoms with van der Waals surface area (Å²) in [6.07, 6.45) is 6.47. The van der Waals surface area contributed by atoms with Gasteiger partial charge < -0.3 is 10.3 Å². The number of nitrogens with zero attached hydrogens (tertiary/aromatic N) is 2. The lowest BCUT2D eigenvalue weighted by atomic mass is 10.1. The second-order valence-electron chi connectivity index (χ2n) is 4.27. The molecule has 1 aromatic rings. The Morgan fingerprint density at radius 3 is 3.00 bits per heavy atom. The van der Waals surface area contributed by atoms with Crippen molar-refractivity contribution in [2.75, 3.05) is 0 Å². The van der Waals surface area contributed by atoms with Crippen LogP contribution in [0.5, 0.6) is 0 Å². The topological polar surface area (TPSA) is 60.9 Å². The molecule has 1 atom stereocenters. The molecule has 1 aromatic heterocycles. The summed E-state index contributed by atoms with van der Waals surface area (Å²) >= 11 is 0. The van der Waals surface area contributed by atoms with Crippen LogP contribution in [0.1, 0.15) is 38.9 Å². The monoisotopic (exact) mass is 223 g/mol. The standard InChI is InChI=1S/C12H21N3O/c1-3-7-15-8-6-14-12(15)9-11(16)5-4-10(2)13/h6,8,10H,3-5,7,9,13H2,1-2H3. The van der Waals surface area contributed by atoms with Crippen molar-refractivity contribution in [3.8, 4) is 0 Å². The minimum atomic E-state index is 0.0966. The van der Waals surface area contributed by atoms with E-state index in [-0.39, 0.29) is 11.8 Å². The number of hydrogen-bond acceptors (Lipinski definition) is 3. The van der Waals surface area contributed by atoms with Crippen LogP contribution in [0.25, 0.3) is 0 Å². The fraction of sp³-hybridized carbons (Fsp3) is 0.667. The van der Waals surface area contributed by atoms with Crippen LogP contribution >= 0.6 is 0 Å². The summed E-state index contributed by atoms with van der Waals surface area (Å²) in [5.41, 5.74) is 5.62. The highest BCUT2D eigenvalue weighted by atomic mass is 16.1. The van der Waals surface area contributed by atoms with Crippen molar-refractivity contribution in [1.82, 2.24) is 9.55 Å². The molecule has 4 nitrogen and oxygen atoms in total. The fourth-order valence-corrected chi connectivity index (χ4v) is 1.61. The molecule has 0 saturated carbocycles. The molecule has 4 heteroatoms. The second kappa shape index (κ2) is 6.43. The smallest absolute Gasteiger partial charge is 0.140 e. The number of aryl methyl sites for hydroxylation is 1. The zero-order valence-electron chi connectivity index (χ0n) is 10.1. The summed E-state index contributed by atoms with van der Waals surface area (Å²) in [4.78, 5) is 15.9. The van der Waals surface area contributed by atoms with E-state index in [1.165, 1.54) is 0 Å². The van der Waals surface area contributed by atoms with Gasteiger partial charge in [-0.15, -0.1) is 0 Å². The average Bonchev–Trinajstić information content (AvgIpc) is 2.63. The summed E-state index contributed by atoms with van der Waals surface area (Å²) in [6, 6.07) is 0.0966. The van der Waals surface area contributed by atoms with Gasteiger partial charge in [0.15, 0.2) is 0 Å². The molecule has 0 saturated heterocycles. The Hall–Kier alpha value is -1.16. The van der Waals surface area contributed by atoms with Gasteiger partial charge in [-0.25, -0.2) is 4.98 Å². The Labute approximate surface area is 96.9 Å². The number of rotatable bonds is 7. The van der Waals surface area contributed by atoms with Gasteiger partial charge in [0.1, 0.15) is 11.6 Å². The van der Waals surface area contributed by atoms with E-state index in [0.29, 0.717) is 12.8 Å². The number of Topliss-reactive ketones (excluding diaryl/α,β-unsaturated/α-hetero) is 1. The predicted molar refractivity (Wildman–Crippen MR) is 64.1 cm³/mol. The Morgan fingerprint density at radius 1 is 1.62 bits per heavy atom. The molecule has 0 aliphatic carbocycles. The van der Waals surface area contributed by atoms with E-state index >= 15 is 0 Å². The van der Waals surface area contributed by atoms with Gasteiger partial charge in [0.25, 0.3) is 0 Å². The molecule has 0 spiro atoms. The first-order valence-electron chi connectivity index (χ1n) is 5.90. The van der Waals surface area contributed by atoms with Gasteiger partial charge in [0.2, 0.25) is 0 Å². The maximum atomic E-state index is 11.7. The third kappa shape index (κ3) is 4.14. The van der Waals surface area contributed by atoms with Crippen molar-refractivity contribution in [2.24, 2.45) is 5.73 Å². The highest BCUT2D eigenvalue weighted by Gasteiger charge is 2.09. The van der Waals surface area contributed by atoms with Crippen LogP contribution in [-0.2, 0) is 17.8 Å². The number of imidazole rings is 1. The third-order valence-electron chi connectivity index (χ3n) is 2.50. The van der Waals surface area contributed by atoms with Crippen LogP contribution in [-0.4, -0.2) is 21.4 Å². The van der Waals surface area contributed by atoms with Gasteiger partial charge >= 0.3 is 0 Å².